The Morgan fingerprint density at radius 3 is 2.59 bits per heavy atom. The van der Waals surface area contributed by atoms with Crippen molar-refractivity contribution in [3.05, 3.63) is 77.1 Å². The summed E-state index contributed by atoms with van der Waals surface area (Å²) in [4.78, 5) is 44.9. The first-order valence-electron chi connectivity index (χ1n) is 10.9. The van der Waals surface area contributed by atoms with Crippen molar-refractivity contribution in [2.45, 2.75) is 43.3 Å². The third kappa shape index (κ3) is 3.42. The van der Waals surface area contributed by atoms with Gasteiger partial charge in [0, 0.05) is 18.3 Å². The molecule has 1 saturated carbocycles. The Morgan fingerprint density at radius 2 is 1.88 bits per heavy atom. The van der Waals surface area contributed by atoms with Gasteiger partial charge in [-0.05, 0) is 36.5 Å². The number of nitrogens with zero attached hydrogens (tertiary/aromatic N) is 2. The second-order valence-corrected chi connectivity index (χ2v) is 8.89. The van der Waals surface area contributed by atoms with E-state index >= 15 is 0 Å². The molecule has 0 aromatic heterocycles. The summed E-state index contributed by atoms with van der Waals surface area (Å²) in [7, 11) is 0. The van der Waals surface area contributed by atoms with Gasteiger partial charge in [-0.25, -0.2) is 6.57 Å². The van der Waals surface area contributed by atoms with Crippen LogP contribution in [-0.2, 0) is 26.2 Å². The molecule has 3 aliphatic rings. The molecule has 2 aromatic carbocycles. The molecule has 0 unspecified atom stereocenters. The minimum Gasteiger partial charge on any atom is -0.353 e. The average molecular weight is 428 g/mol. The third-order valence-corrected chi connectivity index (χ3v) is 6.71. The Labute approximate surface area is 186 Å². The first-order chi connectivity index (χ1) is 15.5. The van der Waals surface area contributed by atoms with Gasteiger partial charge in [-0.1, -0.05) is 48.5 Å². The summed E-state index contributed by atoms with van der Waals surface area (Å²) in [6, 6.07) is 17.0. The van der Waals surface area contributed by atoms with Crippen molar-refractivity contribution < 1.29 is 14.4 Å². The van der Waals surface area contributed by atoms with Gasteiger partial charge in [0.15, 0.2) is 0 Å². The van der Waals surface area contributed by atoms with Crippen molar-refractivity contribution in [2.24, 2.45) is 5.92 Å². The van der Waals surface area contributed by atoms with Crippen LogP contribution in [0.2, 0.25) is 0 Å². The molecule has 1 aliphatic carbocycles. The van der Waals surface area contributed by atoms with Crippen LogP contribution in [0.5, 0.6) is 0 Å². The number of hydrogen-bond acceptors (Lipinski definition) is 3. The van der Waals surface area contributed by atoms with Gasteiger partial charge in [0.25, 0.3) is 0 Å². The van der Waals surface area contributed by atoms with Gasteiger partial charge in [0.2, 0.25) is 17.7 Å². The molecule has 7 heteroatoms. The molecule has 2 heterocycles. The number of para-hydroxylation sites is 1. The van der Waals surface area contributed by atoms with Crippen molar-refractivity contribution in [1.82, 2.24) is 10.2 Å². The van der Waals surface area contributed by atoms with E-state index in [2.05, 4.69) is 15.5 Å². The van der Waals surface area contributed by atoms with Crippen LogP contribution in [0, 0.1) is 12.5 Å². The van der Waals surface area contributed by atoms with Crippen LogP contribution in [0.4, 0.5) is 5.69 Å². The highest BCUT2D eigenvalue weighted by Crippen LogP contribution is 2.47. The number of carbonyl (C=O) groups is 3. The lowest BCUT2D eigenvalue weighted by Gasteiger charge is -2.25. The Morgan fingerprint density at radius 1 is 1.16 bits per heavy atom. The highest BCUT2D eigenvalue weighted by atomic mass is 16.2. The lowest BCUT2D eigenvalue weighted by molar-refractivity contribution is -0.142. The second kappa shape index (κ2) is 7.79. The van der Waals surface area contributed by atoms with Crippen LogP contribution < -0.4 is 10.6 Å². The monoisotopic (exact) mass is 428 g/mol. The summed E-state index contributed by atoms with van der Waals surface area (Å²) < 4.78 is 0. The number of likely N-dealkylation sites (tertiary alicyclic amines) is 1. The fourth-order valence-corrected chi connectivity index (χ4v) is 4.83. The molecular formula is C25H24N4O3. The Bertz CT molecular complexity index is 1120. The number of anilines is 1. The van der Waals surface area contributed by atoms with Crippen molar-refractivity contribution in [2.75, 3.05) is 11.9 Å². The first kappa shape index (κ1) is 20.3. The number of rotatable bonds is 5. The van der Waals surface area contributed by atoms with Crippen LogP contribution in [0.1, 0.15) is 30.4 Å². The molecule has 0 radical (unpaired) electrons. The van der Waals surface area contributed by atoms with E-state index in [1.54, 1.807) is 0 Å². The number of hydrogen-bond donors (Lipinski definition) is 2. The van der Waals surface area contributed by atoms with Crippen molar-refractivity contribution in [3.63, 3.8) is 0 Å². The Hall–Kier alpha value is -3.66. The van der Waals surface area contributed by atoms with E-state index in [-0.39, 0.29) is 43.1 Å². The maximum Gasteiger partial charge on any atom is 0.302 e. The van der Waals surface area contributed by atoms with Gasteiger partial charge in [-0.2, -0.15) is 0 Å². The summed E-state index contributed by atoms with van der Waals surface area (Å²) in [6.45, 7) is 7.81. The van der Waals surface area contributed by atoms with Crippen molar-refractivity contribution >= 4 is 23.4 Å². The molecule has 5 rings (SSSR count). The van der Waals surface area contributed by atoms with E-state index < -0.39 is 17.5 Å². The first-order valence-corrected chi connectivity index (χ1v) is 10.9. The van der Waals surface area contributed by atoms with Crippen LogP contribution in [-0.4, -0.2) is 41.4 Å². The van der Waals surface area contributed by atoms with Gasteiger partial charge in [-0.15, -0.1) is 0 Å². The van der Waals surface area contributed by atoms with Gasteiger partial charge in [0.1, 0.15) is 11.3 Å². The average Bonchev–Trinajstić information content (AvgIpc) is 3.47. The molecule has 7 nitrogen and oxygen atoms in total. The van der Waals surface area contributed by atoms with Gasteiger partial charge < -0.3 is 10.6 Å². The van der Waals surface area contributed by atoms with E-state index in [4.69, 9.17) is 6.57 Å². The highest BCUT2D eigenvalue weighted by molar-refractivity contribution is 6.08. The zero-order valence-electron chi connectivity index (χ0n) is 17.6. The maximum atomic E-state index is 13.7. The lowest BCUT2D eigenvalue weighted by atomic mass is 9.80. The zero-order valence-corrected chi connectivity index (χ0v) is 17.6. The summed E-state index contributed by atoms with van der Waals surface area (Å²) in [5, 5.41) is 5.86. The summed E-state index contributed by atoms with van der Waals surface area (Å²) in [5.41, 5.74) is 1.47. The Balaban J connectivity index is 1.45. The second-order valence-electron chi connectivity index (χ2n) is 8.89. The molecule has 162 valence electrons. The third-order valence-electron chi connectivity index (χ3n) is 6.71. The normalized spacial score (nSPS) is 24.5. The van der Waals surface area contributed by atoms with Crippen molar-refractivity contribution in [3.8, 4) is 0 Å². The number of carbonyl (C=O) groups excluding carboxylic acids is 3. The molecular weight excluding hydrogens is 404 g/mol. The van der Waals surface area contributed by atoms with Crippen LogP contribution in [0.3, 0.4) is 0 Å². The van der Waals surface area contributed by atoms with E-state index in [0.717, 1.165) is 29.7 Å². The van der Waals surface area contributed by atoms with E-state index in [1.807, 2.05) is 54.6 Å². The topological polar surface area (TPSA) is 82.9 Å². The molecule has 32 heavy (non-hydrogen) atoms. The fraction of sp³-hybridized carbons (Fsp3) is 0.360. The minimum absolute atomic E-state index is 0.101. The largest absolute Gasteiger partial charge is 0.353 e. The van der Waals surface area contributed by atoms with Gasteiger partial charge >= 0.3 is 6.17 Å². The highest BCUT2D eigenvalue weighted by Gasteiger charge is 2.59. The summed E-state index contributed by atoms with van der Waals surface area (Å²) >= 11 is 0. The minimum atomic E-state index is -0.953. The molecule has 0 bridgehead atoms. The van der Waals surface area contributed by atoms with Gasteiger partial charge in [0.05, 0.1) is 6.42 Å². The Kier molecular flexibility index (Phi) is 4.93. The number of nitrogens with one attached hydrogen (secondary N) is 2. The van der Waals surface area contributed by atoms with E-state index in [1.165, 1.54) is 4.90 Å². The number of amides is 3. The molecule has 2 fully saturated rings. The lowest BCUT2D eigenvalue weighted by Crippen LogP contribution is -2.47. The summed E-state index contributed by atoms with van der Waals surface area (Å²) in [6.07, 6.45) is 1.55. The van der Waals surface area contributed by atoms with Crippen LogP contribution in [0.25, 0.3) is 4.85 Å². The molecule has 3 atom stereocenters. The summed E-state index contributed by atoms with van der Waals surface area (Å²) in [5.74, 6) is -1.81. The molecule has 2 N–H and O–H groups in total. The fourth-order valence-electron chi connectivity index (χ4n) is 4.83. The van der Waals surface area contributed by atoms with Crippen LogP contribution >= 0.6 is 0 Å². The SMILES string of the molecule is [C-]#[N+][C@@H]1C[C@@]2(CN1C(=O)[C@@H](Cc1ccccc1)C(=O)NC1CC1)C(=O)Nc1ccccc12. The predicted octanol–water partition coefficient (Wildman–Crippen LogP) is 2.49. The van der Waals surface area contributed by atoms with Gasteiger partial charge in [-0.3, -0.25) is 24.1 Å². The smallest absolute Gasteiger partial charge is 0.302 e. The number of fused-ring (bicyclic) bond motifs is 2. The predicted molar refractivity (Wildman–Crippen MR) is 118 cm³/mol. The molecule has 1 spiro atoms. The molecule has 2 aromatic rings. The van der Waals surface area contributed by atoms with Crippen molar-refractivity contribution in [1.29, 1.82) is 0 Å². The quantitative estimate of drug-likeness (QED) is 0.567. The zero-order chi connectivity index (χ0) is 22.3. The molecule has 3 amide bonds. The van der Waals surface area contributed by atoms with E-state index in [9.17, 15) is 14.4 Å². The number of benzene rings is 2. The van der Waals surface area contributed by atoms with E-state index in [0.29, 0.717) is 0 Å². The molecule has 1 saturated heterocycles. The standard InChI is InChI=1S/C25H24N4O3/c1-26-21-14-25(19-9-5-6-10-20(19)28-24(25)32)15-29(21)23(31)18(22(30)27-17-11-12-17)13-16-7-3-2-4-8-16/h2-10,17-18,21H,11-15H2,(H,27,30)(H,28,32)/t18-,21-,25-/m0/s1. The maximum absolute atomic E-state index is 13.7. The van der Waals surface area contributed by atoms with Crippen LogP contribution in [0.15, 0.2) is 54.6 Å². The molecule has 2 aliphatic heterocycles.